The molecule has 2 atom stereocenters. The van der Waals surface area contributed by atoms with Crippen molar-refractivity contribution in [2.75, 3.05) is 26.2 Å². The number of nitrogens with zero attached hydrogens (tertiary/aromatic N) is 1. The number of ether oxygens (including phenoxy) is 1. The normalized spacial score (nSPS) is 25.7. The van der Waals surface area contributed by atoms with E-state index in [4.69, 9.17) is 10.5 Å². The lowest BCUT2D eigenvalue weighted by atomic mass is 9.99. The second-order valence-corrected chi connectivity index (χ2v) is 5.77. The predicted molar refractivity (Wildman–Crippen MR) is 72.3 cm³/mol. The number of hydrogen-bond donors (Lipinski definition) is 2. The first-order chi connectivity index (χ1) is 8.33. The van der Waals surface area contributed by atoms with Gasteiger partial charge in [0, 0.05) is 32.3 Å². The van der Waals surface area contributed by atoms with Crippen LogP contribution < -0.4 is 11.1 Å². The van der Waals surface area contributed by atoms with Crippen LogP contribution in [0.4, 0.5) is 0 Å². The summed E-state index contributed by atoms with van der Waals surface area (Å²) in [5.74, 6) is -0.297. The minimum Gasteiger partial charge on any atom is -0.377 e. The van der Waals surface area contributed by atoms with Crippen molar-refractivity contribution in [3.63, 3.8) is 0 Å². The largest absolute Gasteiger partial charge is 0.377 e. The zero-order chi connectivity index (χ0) is 13.8. The molecule has 3 N–H and O–H groups in total. The summed E-state index contributed by atoms with van der Waals surface area (Å²) in [6.45, 7) is 11.2. The zero-order valence-corrected chi connectivity index (χ0v) is 12.0. The SMILES string of the molecule is CC(C)NC(C)(CN1CCCOC(C)C1)C(N)=O. The molecule has 1 aliphatic heterocycles. The van der Waals surface area contributed by atoms with Gasteiger partial charge in [0.05, 0.1) is 6.10 Å². The van der Waals surface area contributed by atoms with Crippen molar-refractivity contribution in [2.45, 2.75) is 51.8 Å². The Kier molecular flexibility index (Phi) is 5.56. The van der Waals surface area contributed by atoms with Crippen molar-refractivity contribution in [1.29, 1.82) is 0 Å². The third-order valence-electron chi connectivity index (χ3n) is 3.23. The second-order valence-electron chi connectivity index (χ2n) is 5.77. The molecular formula is C13H27N3O2. The van der Waals surface area contributed by atoms with Crippen LogP contribution in [-0.4, -0.2) is 54.7 Å². The maximum atomic E-state index is 11.7. The topological polar surface area (TPSA) is 67.6 Å². The molecule has 2 unspecified atom stereocenters. The van der Waals surface area contributed by atoms with Crippen molar-refractivity contribution >= 4 is 5.91 Å². The van der Waals surface area contributed by atoms with Crippen LogP contribution in [0.15, 0.2) is 0 Å². The van der Waals surface area contributed by atoms with Crippen molar-refractivity contribution in [3.05, 3.63) is 0 Å². The smallest absolute Gasteiger partial charge is 0.238 e. The molecule has 1 heterocycles. The summed E-state index contributed by atoms with van der Waals surface area (Å²) in [5, 5.41) is 3.28. The molecule has 1 fully saturated rings. The van der Waals surface area contributed by atoms with Gasteiger partial charge in [0.25, 0.3) is 0 Å². The minimum absolute atomic E-state index is 0.212. The number of amides is 1. The lowest BCUT2D eigenvalue weighted by Crippen LogP contribution is -2.61. The molecule has 0 aliphatic carbocycles. The fraction of sp³-hybridized carbons (Fsp3) is 0.923. The molecule has 1 rings (SSSR count). The lowest BCUT2D eigenvalue weighted by molar-refractivity contribution is -0.125. The van der Waals surface area contributed by atoms with Gasteiger partial charge in [-0.3, -0.25) is 9.69 Å². The summed E-state index contributed by atoms with van der Waals surface area (Å²) in [6, 6.07) is 0.225. The summed E-state index contributed by atoms with van der Waals surface area (Å²) >= 11 is 0. The van der Waals surface area contributed by atoms with E-state index < -0.39 is 5.54 Å². The number of primary amides is 1. The monoisotopic (exact) mass is 257 g/mol. The maximum absolute atomic E-state index is 11.7. The summed E-state index contributed by atoms with van der Waals surface area (Å²) < 4.78 is 5.61. The summed E-state index contributed by atoms with van der Waals surface area (Å²) in [6.07, 6.45) is 1.21. The first-order valence-corrected chi connectivity index (χ1v) is 6.75. The average Bonchev–Trinajstić information content (AvgIpc) is 2.41. The molecule has 1 amide bonds. The van der Waals surface area contributed by atoms with Gasteiger partial charge in [-0.25, -0.2) is 0 Å². The molecule has 5 nitrogen and oxygen atoms in total. The van der Waals surface area contributed by atoms with Gasteiger partial charge in [0.15, 0.2) is 0 Å². The lowest BCUT2D eigenvalue weighted by Gasteiger charge is -2.35. The molecule has 106 valence electrons. The molecule has 0 aromatic heterocycles. The van der Waals surface area contributed by atoms with Crippen LogP contribution in [0, 0.1) is 0 Å². The first kappa shape index (κ1) is 15.4. The molecule has 1 aliphatic rings. The Bertz CT molecular complexity index is 283. The molecule has 18 heavy (non-hydrogen) atoms. The number of hydrogen-bond acceptors (Lipinski definition) is 4. The Labute approximate surface area is 110 Å². The zero-order valence-electron chi connectivity index (χ0n) is 12.0. The highest BCUT2D eigenvalue weighted by atomic mass is 16.5. The van der Waals surface area contributed by atoms with Crippen LogP contribution in [-0.2, 0) is 9.53 Å². The van der Waals surface area contributed by atoms with Gasteiger partial charge in [-0.15, -0.1) is 0 Å². The van der Waals surface area contributed by atoms with Crippen LogP contribution in [0.3, 0.4) is 0 Å². The number of nitrogens with two attached hydrogens (primary N) is 1. The molecule has 1 saturated heterocycles. The second kappa shape index (κ2) is 6.50. The van der Waals surface area contributed by atoms with Crippen LogP contribution >= 0.6 is 0 Å². The van der Waals surface area contributed by atoms with E-state index in [9.17, 15) is 4.79 Å². The van der Waals surface area contributed by atoms with Gasteiger partial charge in [0.1, 0.15) is 5.54 Å². The molecule has 0 aromatic carbocycles. The third kappa shape index (κ3) is 4.55. The van der Waals surface area contributed by atoms with Gasteiger partial charge < -0.3 is 15.8 Å². The Balaban J connectivity index is 2.67. The fourth-order valence-electron chi connectivity index (χ4n) is 2.50. The van der Waals surface area contributed by atoms with Crippen molar-refractivity contribution in [2.24, 2.45) is 5.73 Å². The van der Waals surface area contributed by atoms with Gasteiger partial charge in [0.2, 0.25) is 5.91 Å². The highest BCUT2D eigenvalue weighted by Gasteiger charge is 2.34. The van der Waals surface area contributed by atoms with Crippen LogP contribution in [0.2, 0.25) is 0 Å². The van der Waals surface area contributed by atoms with E-state index in [1.165, 1.54) is 0 Å². The molecule has 0 aromatic rings. The summed E-state index contributed by atoms with van der Waals surface area (Å²) in [4.78, 5) is 14.0. The highest BCUT2D eigenvalue weighted by molar-refractivity contribution is 5.84. The fourth-order valence-corrected chi connectivity index (χ4v) is 2.50. The summed E-state index contributed by atoms with van der Waals surface area (Å²) in [7, 11) is 0. The van der Waals surface area contributed by atoms with E-state index in [0.717, 1.165) is 26.1 Å². The van der Waals surface area contributed by atoms with E-state index in [1.807, 2.05) is 20.8 Å². The molecule has 5 heteroatoms. The third-order valence-corrected chi connectivity index (χ3v) is 3.23. The Morgan fingerprint density at radius 1 is 1.61 bits per heavy atom. The first-order valence-electron chi connectivity index (χ1n) is 6.75. The van der Waals surface area contributed by atoms with Gasteiger partial charge in [-0.1, -0.05) is 0 Å². The van der Waals surface area contributed by atoms with Crippen LogP contribution in [0.25, 0.3) is 0 Å². The van der Waals surface area contributed by atoms with Crippen LogP contribution in [0.1, 0.15) is 34.1 Å². The number of rotatable bonds is 5. The Hall–Kier alpha value is -0.650. The molecule has 0 saturated carbocycles. The minimum atomic E-state index is -0.682. The van der Waals surface area contributed by atoms with E-state index in [2.05, 4.69) is 17.1 Å². The Morgan fingerprint density at radius 2 is 2.28 bits per heavy atom. The van der Waals surface area contributed by atoms with E-state index in [0.29, 0.717) is 6.54 Å². The highest BCUT2D eigenvalue weighted by Crippen LogP contribution is 2.12. The standard InChI is InChI=1S/C13H27N3O2/c1-10(2)15-13(4,12(14)17)9-16-6-5-7-18-11(3)8-16/h10-11,15H,5-9H2,1-4H3,(H2,14,17). The van der Waals surface area contributed by atoms with Crippen molar-refractivity contribution in [1.82, 2.24) is 10.2 Å². The average molecular weight is 257 g/mol. The van der Waals surface area contributed by atoms with E-state index in [1.54, 1.807) is 0 Å². The van der Waals surface area contributed by atoms with E-state index >= 15 is 0 Å². The Morgan fingerprint density at radius 3 is 2.83 bits per heavy atom. The van der Waals surface area contributed by atoms with Crippen molar-refractivity contribution < 1.29 is 9.53 Å². The van der Waals surface area contributed by atoms with Gasteiger partial charge in [-0.2, -0.15) is 0 Å². The van der Waals surface area contributed by atoms with Crippen molar-refractivity contribution in [3.8, 4) is 0 Å². The van der Waals surface area contributed by atoms with Crippen LogP contribution in [0.5, 0.6) is 0 Å². The maximum Gasteiger partial charge on any atom is 0.238 e. The number of carbonyl (C=O) groups is 1. The van der Waals surface area contributed by atoms with Gasteiger partial charge >= 0.3 is 0 Å². The number of nitrogens with one attached hydrogen (secondary N) is 1. The van der Waals surface area contributed by atoms with E-state index in [-0.39, 0.29) is 18.1 Å². The van der Waals surface area contributed by atoms with Gasteiger partial charge in [-0.05, 0) is 34.1 Å². The molecular weight excluding hydrogens is 230 g/mol. The predicted octanol–water partition coefficient (Wildman–Crippen LogP) is 0.339. The molecule has 0 radical (unpaired) electrons. The quantitative estimate of drug-likeness (QED) is 0.745. The molecule has 0 spiro atoms. The molecule has 0 bridgehead atoms. The summed E-state index contributed by atoms with van der Waals surface area (Å²) in [5.41, 5.74) is 4.87. The number of carbonyl (C=O) groups excluding carboxylic acids is 1.